The predicted octanol–water partition coefficient (Wildman–Crippen LogP) is 3.18. The van der Waals surface area contributed by atoms with Crippen molar-refractivity contribution in [2.75, 3.05) is 25.1 Å². The van der Waals surface area contributed by atoms with Crippen molar-refractivity contribution in [3.63, 3.8) is 0 Å². The van der Waals surface area contributed by atoms with E-state index >= 15 is 0 Å². The molecule has 0 amide bonds. The molecule has 0 spiro atoms. The minimum absolute atomic E-state index is 0.152. The van der Waals surface area contributed by atoms with Gasteiger partial charge >= 0.3 is 6.18 Å². The Morgan fingerprint density at radius 3 is 2.55 bits per heavy atom. The molecule has 1 aromatic carbocycles. The van der Waals surface area contributed by atoms with Crippen LogP contribution in [0.15, 0.2) is 18.2 Å². The molecular formula is C13H15F3N2O4. The number of halogens is 3. The molecule has 22 heavy (non-hydrogen) atoms. The van der Waals surface area contributed by atoms with Crippen molar-refractivity contribution in [2.24, 2.45) is 0 Å². The van der Waals surface area contributed by atoms with Gasteiger partial charge in [-0.3, -0.25) is 10.1 Å². The fourth-order valence-corrected chi connectivity index (χ4v) is 2.17. The van der Waals surface area contributed by atoms with E-state index < -0.39 is 28.1 Å². The SMILES string of the molecule is CC1(CCNc2ccc([N+](=O)[O-])c(C(F)(F)F)c2)OCCO1. The Balaban J connectivity index is 2.07. The molecule has 9 heteroatoms. The molecule has 0 aliphatic carbocycles. The van der Waals surface area contributed by atoms with E-state index in [1.54, 1.807) is 6.92 Å². The van der Waals surface area contributed by atoms with E-state index in [1.807, 2.05) is 0 Å². The number of nitrogens with zero attached hydrogens (tertiary/aromatic N) is 1. The molecule has 1 aliphatic heterocycles. The molecule has 2 rings (SSSR count). The first kappa shape index (κ1) is 16.5. The summed E-state index contributed by atoms with van der Waals surface area (Å²) in [4.78, 5) is 9.61. The summed E-state index contributed by atoms with van der Waals surface area (Å²) in [5.41, 5.74) is -2.09. The molecule has 0 bridgehead atoms. The third kappa shape index (κ3) is 3.86. The average Bonchev–Trinajstić information content (AvgIpc) is 2.84. The van der Waals surface area contributed by atoms with Crippen molar-refractivity contribution in [1.82, 2.24) is 0 Å². The van der Waals surface area contributed by atoms with Crippen molar-refractivity contribution < 1.29 is 27.6 Å². The summed E-state index contributed by atoms with van der Waals surface area (Å²) >= 11 is 0. The van der Waals surface area contributed by atoms with Crippen molar-refractivity contribution in [3.05, 3.63) is 33.9 Å². The van der Waals surface area contributed by atoms with E-state index in [9.17, 15) is 23.3 Å². The zero-order valence-electron chi connectivity index (χ0n) is 11.8. The fourth-order valence-electron chi connectivity index (χ4n) is 2.17. The first-order chi connectivity index (χ1) is 10.2. The second kappa shape index (κ2) is 6.09. The van der Waals surface area contributed by atoms with Crippen LogP contribution in [0.25, 0.3) is 0 Å². The Bertz CT molecular complexity index is 557. The highest BCUT2D eigenvalue weighted by atomic mass is 19.4. The van der Waals surface area contributed by atoms with Gasteiger partial charge in [-0.2, -0.15) is 13.2 Å². The Morgan fingerprint density at radius 1 is 1.36 bits per heavy atom. The molecule has 1 fully saturated rings. The van der Waals surface area contributed by atoms with Crippen LogP contribution in [-0.4, -0.2) is 30.5 Å². The van der Waals surface area contributed by atoms with Crippen molar-refractivity contribution in [2.45, 2.75) is 25.3 Å². The van der Waals surface area contributed by atoms with Gasteiger partial charge in [-0.1, -0.05) is 0 Å². The van der Waals surface area contributed by atoms with Gasteiger partial charge in [-0.15, -0.1) is 0 Å². The summed E-state index contributed by atoms with van der Waals surface area (Å²) in [6.07, 6.45) is -4.35. The van der Waals surface area contributed by atoms with Gasteiger partial charge in [-0.25, -0.2) is 0 Å². The number of ether oxygens (including phenoxy) is 2. The molecule has 0 saturated carbocycles. The minimum Gasteiger partial charge on any atom is -0.385 e. The Kier molecular flexibility index (Phi) is 4.57. The number of alkyl halides is 3. The lowest BCUT2D eigenvalue weighted by Crippen LogP contribution is -2.28. The number of rotatable bonds is 5. The molecule has 0 atom stereocenters. The average molecular weight is 320 g/mol. The van der Waals surface area contributed by atoms with Crippen LogP contribution in [0.4, 0.5) is 24.5 Å². The van der Waals surface area contributed by atoms with Gasteiger partial charge in [0.2, 0.25) is 0 Å². The lowest BCUT2D eigenvalue weighted by Gasteiger charge is -2.22. The Morgan fingerprint density at radius 2 is 2.00 bits per heavy atom. The molecule has 0 radical (unpaired) electrons. The predicted molar refractivity (Wildman–Crippen MR) is 71.5 cm³/mol. The van der Waals surface area contributed by atoms with E-state index in [4.69, 9.17) is 9.47 Å². The number of benzene rings is 1. The number of nitro groups is 1. The van der Waals surface area contributed by atoms with Gasteiger partial charge in [0.05, 0.1) is 18.1 Å². The van der Waals surface area contributed by atoms with Crippen LogP contribution in [0.2, 0.25) is 0 Å². The standard InChI is InChI=1S/C13H15F3N2O4/c1-12(21-6-7-22-12)4-5-17-9-2-3-11(18(19)20)10(8-9)13(14,15)16/h2-3,8,17H,4-7H2,1H3. The third-order valence-corrected chi connectivity index (χ3v) is 3.31. The van der Waals surface area contributed by atoms with Crippen molar-refractivity contribution in [3.8, 4) is 0 Å². The van der Waals surface area contributed by atoms with Crippen LogP contribution in [-0.2, 0) is 15.7 Å². The lowest BCUT2D eigenvalue weighted by atomic mass is 10.1. The lowest BCUT2D eigenvalue weighted by molar-refractivity contribution is -0.388. The summed E-state index contributed by atoms with van der Waals surface area (Å²) in [7, 11) is 0. The molecule has 1 saturated heterocycles. The smallest absolute Gasteiger partial charge is 0.385 e. The molecule has 122 valence electrons. The number of anilines is 1. The maximum Gasteiger partial charge on any atom is 0.423 e. The summed E-state index contributed by atoms with van der Waals surface area (Å²) < 4.78 is 49.3. The zero-order valence-corrected chi connectivity index (χ0v) is 11.8. The first-order valence-electron chi connectivity index (χ1n) is 6.59. The molecule has 6 nitrogen and oxygen atoms in total. The summed E-state index contributed by atoms with van der Waals surface area (Å²) in [5, 5.41) is 13.5. The van der Waals surface area contributed by atoms with Crippen molar-refractivity contribution >= 4 is 11.4 Å². The van der Waals surface area contributed by atoms with Gasteiger partial charge < -0.3 is 14.8 Å². The quantitative estimate of drug-likeness (QED) is 0.666. The molecule has 1 heterocycles. The van der Waals surface area contributed by atoms with Gasteiger partial charge in [0.25, 0.3) is 5.69 Å². The monoisotopic (exact) mass is 320 g/mol. The second-order valence-corrected chi connectivity index (χ2v) is 4.99. The number of hydrogen-bond acceptors (Lipinski definition) is 5. The minimum atomic E-state index is -4.79. The molecule has 1 aromatic rings. The summed E-state index contributed by atoms with van der Waals surface area (Å²) in [5.74, 6) is -0.749. The fraction of sp³-hybridized carbons (Fsp3) is 0.538. The van der Waals surface area contributed by atoms with Gasteiger partial charge in [0.15, 0.2) is 5.79 Å². The summed E-state index contributed by atoms with van der Waals surface area (Å²) in [6.45, 7) is 3.02. The maximum atomic E-state index is 12.8. The van der Waals surface area contributed by atoms with Crippen LogP contribution in [0.1, 0.15) is 18.9 Å². The number of hydrogen-bond donors (Lipinski definition) is 1. The van der Waals surface area contributed by atoms with Crippen LogP contribution in [0, 0.1) is 10.1 Å². The molecule has 1 aliphatic rings. The molecule has 0 aromatic heterocycles. The van der Waals surface area contributed by atoms with E-state index in [0.717, 1.165) is 12.1 Å². The number of nitro benzene ring substituents is 1. The highest BCUT2D eigenvalue weighted by Crippen LogP contribution is 2.37. The molecule has 1 N–H and O–H groups in total. The maximum absolute atomic E-state index is 12.8. The van der Waals surface area contributed by atoms with Crippen LogP contribution >= 0.6 is 0 Å². The molecular weight excluding hydrogens is 305 g/mol. The van der Waals surface area contributed by atoms with Crippen LogP contribution in [0.5, 0.6) is 0 Å². The largest absolute Gasteiger partial charge is 0.423 e. The van der Waals surface area contributed by atoms with E-state index in [0.29, 0.717) is 26.2 Å². The van der Waals surface area contributed by atoms with Gasteiger partial charge in [0.1, 0.15) is 5.56 Å². The van der Waals surface area contributed by atoms with Gasteiger partial charge in [0, 0.05) is 24.7 Å². The normalized spacial score (nSPS) is 17.5. The Labute approximate surface area is 124 Å². The van der Waals surface area contributed by atoms with Gasteiger partial charge in [-0.05, 0) is 19.1 Å². The summed E-state index contributed by atoms with van der Waals surface area (Å²) in [6, 6.07) is 2.82. The van der Waals surface area contributed by atoms with Crippen LogP contribution in [0.3, 0.4) is 0 Å². The third-order valence-electron chi connectivity index (χ3n) is 3.31. The highest BCUT2D eigenvalue weighted by molar-refractivity contribution is 5.55. The van der Waals surface area contributed by atoms with Crippen molar-refractivity contribution in [1.29, 1.82) is 0 Å². The first-order valence-corrected chi connectivity index (χ1v) is 6.59. The Hall–Kier alpha value is -1.87. The topological polar surface area (TPSA) is 73.6 Å². The number of nitrogens with one attached hydrogen (secondary N) is 1. The van der Waals surface area contributed by atoms with Crippen LogP contribution < -0.4 is 5.32 Å². The highest BCUT2D eigenvalue weighted by Gasteiger charge is 2.38. The van der Waals surface area contributed by atoms with E-state index in [2.05, 4.69) is 5.32 Å². The molecule has 0 unspecified atom stereocenters. The van der Waals surface area contributed by atoms with E-state index in [-0.39, 0.29) is 5.69 Å². The second-order valence-electron chi connectivity index (χ2n) is 4.99. The zero-order chi connectivity index (χ0) is 16.4. The van der Waals surface area contributed by atoms with E-state index in [1.165, 1.54) is 6.07 Å².